The average molecular weight is 547 g/mol. The van der Waals surface area contributed by atoms with Crippen molar-refractivity contribution >= 4 is 41.2 Å². The van der Waals surface area contributed by atoms with Gasteiger partial charge in [-0.1, -0.05) is 46.8 Å². The molecule has 0 radical (unpaired) electrons. The molecule has 2 amide bonds. The smallest absolute Gasteiger partial charge is 0.329 e. The van der Waals surface area contributed by atoms with Crippen molar-refractivity contribution in [3.05, 3.63) is 29.8 Å². The number of rotatable bonds is 14. The van der Waals surface area contributed by atoms with Gasteiger partial charge in [0.1, 0.15) is 6.04 Å². The number of methoxy groups -OCH3 is 1. The molecule has 1 rings (SSSR count). The van der Waals surface area contributed by atoms with Crippen LogP contribution in [0.3, 0.4) is 0 Å². The third-order valence-electron chi connectivity index (χ3n) is 5.31. The molecule has 0 fully saturated rings. The van der Waals surface area contributed by atoms with Crippen LogP contribution in [0, 0.1) is 22.8 Å². The summed E-state index contributed by atoms with van der Waals surface area (Å²) < 4.78 is 4.84. The molecule has 1 unspecified atom stereocenters. The number of hydrogen-bond donors (Lipinski definition) is 4. The van der Waals surface area contributed by atoms with E-state index in [9.17, 15) is 14.4 Å². The number of amides is 2. The number of nitriles is 1. The summed E-state index contributed by atoms with van der Waals surface area (Å²) >= 11 is 1.53. The molecule has 1 aromatic carbocycles. The van der Waals surface area contributed by atoms with E-state index in [0.29, 0.717) is 48.9 Å². The number of nitrogens with zero attached hydrogens (tertiary/aromatic N) is 2. The summed E-state index contributed by atoms with van der Waals surface area (Å²) in [6.07, 6.45) is 3.44. The standard InChI is InChI=1S/C27H42N6O4S/c1-18(2)14-21(19-8-10-20(11-9-19)32-26(29)31-17-28)24(35)30-12-7-13-38-16-22(25(36)37-6)33-23(34)15-27(3,4)5/h8-11,18,21-22H,7,12-16H2,1-6H3,(H,30,35)(H,33,34)(H3,29,31,32)/t21?,22-/m0/s1. The van der Waals surface area contributed by atoms with E-state index in [1.165, 1.54) is 18.9 Å². The Bertz CT molecular complexity index is 983. The van der Waals surface area contributed by atoms with Crippen LogP contribution in [0.1, 0.15) is 65.4 Å². The molecule has 2 atom stereocenters. The molecule has 5 N–H and O–H groups in total. The van der Waals surface area contributed by atoms with Crippen LogP contribution in [0.2, 0.25) is 0 Å². The van der Waals surface area contributed by atoms with Gasteiger partial charge in [0.15, 0.2) is 6.19 Å². The van der Waals surface area contributed by atoms with Crippen LogP contribution in [0.5, 0.6) is 0 Å². The number of benzene rings is 1. The lowest BCUT2D eigenvalue weighted by Crippen LogP contribution is -2.44. The van der Waals surface area contributed by atoms with E-state index in [0.717, 1.165) is 5.56 Å². The maximum Gasteiger partial charge on any atom is 0.329 e. The first kappa shape index (κ1) is 32.8. The zero-order valence-corrected chi connectivity index (χ0v) is 24.1. The lowest BCUT2D eigenvalue weighted by molar-refractivity contribution is -0.144. The fraction of sp³-hybridized carbons (Fsp3) is 0.593. The molecule has 0 aliphatic carbocycles. The van der Waals surface area contributed by atoms with Gasteiger partial charge in [0.05, 0.1) is 18.7 Å². The summed E-state index contributed by atoms with van der Waals surface area (Å²) in [6, 6.07) is 6.51. The largest absolute Gasteiger partial charge is 0.467 e. The molecule has 0 heterocycles. The lowest BCUT2D eigenvalue weighted by Gasteiger charge is -2.21. The van der Waals surface area contributed by atoms with Gasteiger partial charge >= 0.3 is 5.97 Å². The molecule has 0 saturated heterocycles. The number of nitrogens with one attached hydrogen (secondary N) is 3. The molecular weight excluding hydrogens is 504 g/mol. The van der Waals surface area contributed by atoms with Gasteiger partial charge in [-0.3, -0.25) is 14.9 Å². The van der Waals surface area contributed by atoms with Crippen molar-refractivity contribution in [2.45, 2.75) is 65.8 Å². The second-order valence-electron chi connectivity index (χ2n) is 10.6. The third-order valence-corrected chi connectivity index (χ3v) is 6.46. The number of nitrogens with two attached hydrogens (primary N) is 1. The van der Waals surface area contributed by atoms with Gasteiger partial charge in [-0.05, 0) is 47.6 Å². The van der Waals surface area contributed by atoms with Gasteiger partial charge in [-0.15, -0.1) is 0 Å². The van der Waals surface area contributed by atoms with Crippen molar-refractivity contribution in [1.29, 1.82) is 5.26 Å². The normalized spacial score (nSPS) is 13.3. The molecule has 0 saturated carbocycles. The van der Waals surface area contributed by atoms with Crippen molar-refractivity contribution in [2.24, 2.45) is 22.1 Å². The first-order chi connectivity index (χ1) is 17.9. The van der Waals surface area contributed by atoms with Crippen molar-refractivity contribution in [2.75, 3.05) is 25.2 Å². The van der Waals surface area contributed by atoms with Crippen molar-refractivity contribution in [1.82, 2.24) is 16.0 Å². The number of hydrogen-bond acceptors (Lipinski definition) is 7. The first-order valence-corrected chi connectivity index (χ1v) is 13.8. The van der Waals surface area contributed by atoms with E-state index in [2.05, 4.69) is 34.8 Å². The van der Waals surface area contributed by atoms with Gasteiger partial charge in [0.2, 0.25) is 17.8 Å². The van der Waals surface area contributed by atoms with E-state index >= 15 is 0 Å². The highest BCUT2D eigenvalue weighted by atomic mass is 32.2. The number of aliphatic imine (C=N–C) groups is 1. The Kier molecular flexibility index (Phi) is 14.3. The van der Waals surface area contributed by atoms with Gasteiger partial charge in [-0.25, -0.2) is 9.79 Å². The maximum absolute atomic E-state index is 13.0. The highest BCUT2D eigenvalue weighted by Crippen LogP contribution is 2.26. The van der Waals surface area contributed by atoms with Crippen LogP contribution in [-0.2, 0) is 19.1 Å². The van der Waals surface area contributed by atoms with E-state index in [4.69, 9.17) is 15.7 Å². The van der Waals surface area contributed by atoms with E-state index in [-0.39, 0.29) is 29.1 Å². The highest BCUT2D eigenvalue weighted by molar-refractivity contribution is 7.99. The molecule has 11 heteroatoms. The Labute approximate surface area is 230 Å². The van der Waals surface area contributed by atoms with Gasteiger partial charge < -0.3 is 21.1 Å². The Hall–Kier alpha value is -3.26. The summed E-state index contributed by atoms with van der Waals surface area (Å²) in [5.74, 6) is 0.421. The van der Waals surface area contributed by atoms with Crippen LogP contribution >= 0.6 is 11.8 Å². The fourth-order valence-electron chi connectivity index (χ4n) is 3.62. The van der Waals surface area contributed by atoms with Crippen LogP contribution in [-0.4, -0.2) is 54.9 Å². The third kappa shape index (κ3) is 13.3. The SMILES string of the molecule is COC(=O)[C@H](CSCCCNC(=O)C(CC(C)C)c1ccc(N=C(N)NC#N)cc1)NC(=O)CC(C)(C)C. The number of esters is 1. The summed E-state index contributed by atoms with van der Waals surface area (Å²) in [7, 11) is 1.31. The summed E-state index contributed by atoms with van der Waals surface area (Å²) in [5.41, 5.74) is 6.89. The second-order valence-corrected chi connectivity index (χ2v) is 11.8. The number of thioether (sulfide) groups is 1. The predicted octanol–water partition coefficient (Wildman–Crippen LogP) is 3.17. The monoisotopic (exact) mass is 546 g/mol. The zero-order chi connectivity index (χ0) is 28.7. The summed E-state index contributed by atoms with van der Waals surface area (Å²) in [4.78, 5) is 41.4. The molecule has 0 aliphatic rings. The van der Waals surface area contributed by atoms with Crippen molar-refractivity contribution in [3.8, 4) is 6.19 Å². The molecule has 10 nitrogen and oxygen atoms in total. The minimum atomic E-state index is -0.705. The molecular formula is C27H42N6O4S. The number of carbonyl (C=O) groups is 3. The summed E-state index contributed by atoms with van der Waals surface area (Å²) in [5, 5.41) is 16.7. The number of ether oxygens (including phenoxy) is 1. The molecule has 38 heavy (non-hydrogen) atoms. The van der Waals surface area contributed by atoms with Crippen molar-refractivity contribution in [3.63, 3.8) is 0 Å². The highest BCUT2D eigenvalue weighted by Gasteiger charge is 2.24. The molecule has 0 aliphatic heterocycles. The fourth-order valence-corrected chi connectivity index (χ4v) is 4.59. The van der Waals surface area contributed by atoms with Crippen molar-refractivity contribution < 1.29 is 19.1 Å². The van der Waals surface area contributed by atoms with Crippen LogP contribution in [0.25, 0.3) is 0 Å². The van der Waals surface area contributed by atoms with Crippen LogP contribution in [0.15, 0.2) is 29.3 Å². The van der Waals surface area contributed by atoms with Crippen LogP contribution < -0.4 is 21.7 Å². The Balaban J connectivity index is 2.60. The number of guanidine groups is 1. The molecule has 210 valence electrons. The van der Waals surface area contributed by atoms with Gasteiger partial charge in [0.25, 0.3) is 0 Å². The Morgan fingerprint density at radius 1 is 1.18 bits per heavy atom. The average Bonchev–Trinajstić information content (AvgIpc) is 2.82. The predicted molar refractivity (Wildman–Crippen MR) is 152 cm³/mol. The molecule has 0 spiro atoms. The Morgan fingerprint density at radius 3 is 2.39 bits per heavy atom. The molecule has 1 aromatic rings. The second kappa shape index (κ2) is 16.6. The van der Waals surface area contributed by atoms with Gasteiger partial charge in [-0.2, -0.15) is 17.0 Å². The topological polar surface area (TPSA) is 159 Å². The molecule has 0 aromatic heterocycles. The zero-order valence-electron chi connectivity index (χ0n) is 23.3. The summed E-state index contributed by atoms with van der Waals surface area (Å²) in [6.45, 7) is 10.5. The minimum Gasteiger partial charge on any atom is -0.467 e. The van der Waals surface area contributed by atoms with E-state index < -0.39 is 12.0 Å². The first-order valence-electron chi connectivity index (χ1n) is 12.7. The van der Waals surface area contributed by atoms with E-state index in [1.54, 1.807) is 18.3 Å². The maximum atomic E-state index is 13.0. The van der Waals surface area contributed by atoms with Crippen LogP contribution in [0.4, 0.5) is 5.69 Å². The minimum absolute atomic E-state index is 0.000196. The van der Waals surface area contributed by atoms with E-state index in [1.807, 2.05) is 32.9 Å². The number of carbonyl (C=O) groups excluding carboxylic acids is 3. The molecule has 0 bridgehead atoms. The Morgan fingerprint density at radius 2 is 1.84 bits per heavy atom. The van der Waals surface area contributed by atoms with Gasteiger partial charge in [0, 0.05) is 18.7 Å². The lowest BCUT2D eigenvalue weighted by atomic mass is 9.89. The quantitative estimate of drug-likeness (QED) is 0.0691.